The van der Waals surface area contributed by atoms with Gasteiger partial charge < -0.3 is 29.9 Å². The van der Waals surface area contributed by atoms with Crippen molar-refractivity contribution in [2.45, 2.75) is 19.1 Å². The minimum Gasteiger partial charge on any atom is -0.465 e. The van der Waals surface area contributed by atoms with E-state index in [0.29, 0.717) is 50.0 Å². The summed E-state index contributed by atoms with van der Waals surface area (Å²) in [6, 6.07) is 17.5. The summed E-state index contributed by atoms with van der Waals surface area (Å²) in [4.78, 5) is 38.4. The van der Waals surface area contributed by atoms with Crippen LogP contribution in [0.1, 0.15) is 34.0 Å². The number of ether oxygens (including phenoxy) is 1. The average Bonchev–Trinajstić information content (AvgIpc) is 3.04. The molecule has 3 aromatic rings. The first-order valence-electron chi connectivity index (χ1n) is 12.1. The summed E-state index contributed by atoms with van der Waals surface area (Å²) in [5.41, 5.74) is 3.12. The lowest BCUT2D eigenvalue weighted by atomic mass is 10.1. The first-order chi connectivity index (χ1) is 17.9. The number of carbonyl (C=O) groups excluding carboxylic acids is 1. The largest absolute Gasteiger partial charge is 0.465 e. The van der Waals surface area contributed by atoms with Gasteiger partial charge in [0.25, 0.3) is 5.91 Å². The Bertz CT molecular complexity index is 1240. The zero-order valence-electron chi connectivity index (χ0n) is 21.3. The van der Waals surface area contributed by atoms with Gasteiger partial charge in [0.1, 0.15) is 11.4 Å². The van der Waals surface area contributed by atoms with E-state index in [-0.39, 0.29) is 12.0 Å². The number of likely N-dealkylation sites (N-methyl/N-ethyl adjacent to an activating group) is 1. The fraction of sp³-hybridized carbons (Fsp3) is 0.333. The molecule has 10 heteroatoms. The number of nitrogens with one attached hydrogen (secondary N) is 1. The number of carboxylic acid groups (broad SMARTS) is 1. The molecule has 0 aliphatic carbocycles. The van der Waals surface area contributed by atoms with Crippen LogP contribution >= 0.6 is 0 Å². The SMILES string of the molecule is CNc1ncc2c(n1)N(C)CCN(c1cccc(CO[C@H](CCN(C)C(=O)O)c3ccccc3)c1)C2=O. The Kier molecular flexibility index (Phi) is 8.19. The van der Waals surface area contributed by atoms with Crippen LogP contribution in [0, 0.1) is 0 Å². The number of carbonyl (C=O) groups is 2. The Morgan fingerprint density at radius 3 is 2.70 bits per heavy atom. The first-order valence-corrected chi connectivity index (χ1v) is 12.1. The molecule has 10 nitrogen and oxygen atoms in total. The summed E-state index contributed by atoms with van der Waals surface area (Å²) < 4.78 is 6.28. The van der Waals surface area contributed by atoms with Crippen molar-refractivity contribution < 1.29 is 19.4 Å². The number of hydrogen-bond acceptors (Lipinski definition) is 7. The molecule has 194 valence electrons. The third kappa shape index (κ3) is 6.15. The lowest BCUT2D eigenvalue weighted by Crippen LogP contribution is -2.33. The maximum Gasteiger partial charge on any atom is 0.407 e. The number of hydrogen-bond donors (Lipinski definition) is 2. The van der Waals surface area contributed by atoms with Crippen LogP contribution in [0.2, 0.25) is 0 Å². The summed E-state index contributed by atoms with van der Waals surface area (Å²) in [6.07, 6.45) is 0.845. The lowest BCUT2D eigenvalue weighted by Gasteiger charge is -2.23. The van der Waals surface area contributed by atoms with E-state index < -0.39 is 6.09 Å². The van der Waals surface area contributed by atoms with Gasteiger partial charge in [-0.3, -0.25) is 4.79 Å². The molecular formula is C27H32N6O4. The van der Waals surface area contributed by atoms with Gasteiger partial charge in [0, 0.05) is 52.7 Å². The van der Waals surface area contributed by atoms with Crippen LogP contribution in [0.15, 0.2) is 60.8 Å². The molecule has 4 rings (SSSR count). The van der Waals surface area contributed by atoms with Crippen molar-refractivity contribution >= 4 is 29.5 Å². The van der Waals surface area contributed by atoms with Gasteiger partial charge in [-0.25, -0.2) is 9.78 Å². The summed E-state index contributed by atoms with van der Waals surface area (Å²) in [5, 5.41) is 12.1. The molecule has 1 aliphatic rings. The van der Waals surface area contributed by atoms with Gasteiger partial charge in [-0.15, -0.1) is 0 Å². The van der Waals surface area contributed by atoms with E-state index in [1.807, 2.05) is 66.5 Å². The number of anilines is 3. The van der Waals surface area contributed by atoms with E-state index in [2.05, 4.69) is 15.3 Å². The Hall–Kier alpha value is -4.18. The van der Waals surface area contributed by atoms with Crippen LogP contribution in [-0.2, 0) is 11.3 Å². The number of rotatable bonds is 9. The zero-order valence-corrected chi connectivity index (χ0v) is 21.3. The Labute approximate surface area is 216 Å². The van der Waals surface area contributed by atoms with Crippen LogP contribution in [0.25, 0.3) is 0 Å². The predicted octanol–water partition coefficient (Wildman–Crippen LogP) is 3.87. The maximum atomic E-state index is 13.5. The third-order valence-electron chi connectivity index (χ3n) is 6.39. The fourth-order valence-electron chi connectivity index (χ4n) is 4.22. The van der Waals surface area contributed by atoms with Gasteiger partial charge in [0.15, 0.2) is 0 Å². The van der Waals surface area contributed by atoms with E-state index in [1.54, 1.807) is 25.2 Å². The monoisotopic (exact) mass is 504 g/mol. The highest BCUT2D eigenvalue weighted by molar-refractivity contribution is 6.09. The second kappa shape index (κ2) is 11.7. The number of benzene rings is 2. The highest BCUT2D eigenvalue weighted by atomic mass is 16.5. The number of nitrogens with zero attached hydrogens (tertiary/aromatic N) is 5. The molecule has 2 amide bonds. The third-order valence-corrected chi connectivity index (χ3v) is 6.39. The molecule has 2 aromatic carbocycles. The molecule has 0 radical (unpaired) electrons. The normalized spacial score (nSPS) is 14.1. The standard InChI is InChI=1S/C27H32N6O4/c1-28-26-29-17-22-24(30-26)31(2)14-15-33(25(22)34)21-11-7-8-19(16-21)18-37-23(12-13-32(3)27(35)36)20-9-5-4-6-10-20/h4-11,16-17,23H,12-15,18H2,1-3H3,(H,35,36)(H,28,29,30)/t23-/m1/s1. The summed E-state index contributed by atoms with van der Waals surface area (Å²) in [6.45, 7) is 1.78. The maximum absolute atomic E-state index is 13.5. The molecule has 37 heavy (non-hydrogen) atoms. The van der Waals surface area contributed by atoms with Crippen molar-refractivity contribution in [1.82, 2.24) is 14.9 Å². The highest BCUT2D eigenvalue weighted by Gasteiger charge is 2.28. The fourth-order valence-corrected chi connectivity index (χ4v) is 4.22. The zero-order chi connectivity index (χ0) is 26.4. The van der Waals surface area contributed by atoms with Crippen LogP contribution in [0.4, 0.5) is 22.2 Å². The van der Waals surface area contributed by atoms with E-state index in [9.17, 15) is 14.7 Å². The average molecular weight is 505 g/mol. The predicted molar refractivity (Wildman–Crippen MR) is 142 cm³/mol. The van der Waals surface area contributed by atoms with Crippen molar-refractivity contribution in [3.05, 3.63) is 77.5 Å². The summed E-state index contributed by atoms with van der Waals surface area (Å²) in [7, 11) is 5.21. The second-order valence-corrected chi connectivity index (χ2v) is 8.93. The Morgan fingerprint density at radius 2 is 1.97 bits per heavy atom. The van der Waals surface area contributed by atoms with Gasteiger partial charge in [-0.05, 0) is 29.7 Å². The molecule has 1 aliphatic heterocycles. The molecule has 0 spiro atoms. The van der Waals surface area contributed by atoms with E-state index in [0.717, 1.165) is 16.8 Å². The van der Waals surface area contributed by atoms with Crippen LogP contribution in [0.5, 0.6) is 0 Å². The molecule has 0 saturated heterocycles. The minimum atomic E-state index is -0.971. The van der Waals surface area contributed by atoms with Crippen molar-refractivity contribution in [2.75, 3.05) is 55.9 Å². The molecular weight excluding hydrogens is 472 g/mol. The molecule has 2 heterocycles. The summed E-state index contributed by atoms with van der Waals surface area (Å²) >= 11 is 0. The number of fused-ring (bicyclic) bond motifs is 1. The van der Waals surface area contributed by atoms with Gasteiger partial charge in [0.2, 0.25) is 5.95 Å². The molecule has 1 aromatic heterocycles. The van der Waals surface area contributed by atoms with Crippen LogP contribution in [0.3, 0.4) is 0 Å². The molecule has 0 saturated carbocycles. The topological polar surface area (TPSA) is 111 Å². The van der Waals surface area contributed by atoms with E-state index in [4.69, 9.17) is 4.74 Å². The van der Waals surface area contributed by atoms with Gasteiger partial charge in [-0.1, -0.05) is 42.5 Å². The molecule has 0 fully saturated rings. The minimum absolute atomic E-state index is 0.154. The molecule has 0 unspecified atom stereocenters. The Morgan fingerprint density at radius 1 is 1.19 bits per heavy atom. The Balaban J connectivity index is 1.51. The summed E-state index contributed by atoms with van der Waals surface area (Å²) in [5.74, 6) is 0.913. The molecule has 0 bridgehead atoms. The van der Waals surface area contributed by atoms with Crippen LogP contribution < -0.4 is 15.1 Å². The molecule has 1 atom stereocenters. The lowest BCUT2D eigenvalue weighted by molar-refractivity contribution is 0.0288. The van der Waals surface area contributed by atoms with Gasteiger partial charge in [0.05, 0.1) is 12.7 Å². The van der Waals surface area contributed by atoms with E-state index >= 15 is 0 Å². The van der Waals surface area contributed by atoms with Gasteiger partial charge >= 0.3 is 6.09 Å². The van der Waals surface area contributed by atoms with E-state index in [1.165, 1.54) is 4.90 Å². The van der Waals surface area contributed by atoms with Crippen LogP contribution in [-0.4, -0.2) is 72.8 Å². The second-order valence-electron chi connectivity index (χ2n) is 8.93. The van der Waals surface area contributed by atoms with Gasteiger partial charge in [-0.2, -0.15) is 4.98 Å². The van der Waals surface area contributed by atoms with Crippen molar-refractivity contribution in [3.8, 4) is 0 Å². The van der Waals surface area contributed by atoms with Crippen molar-refractivity contribution in [2.24, 2.45) is 0 Å². The van der Waals surface area contributed by atoms with Crippen molar-refractivity contribution in [3.63, 3.8) is 0 Å². The quantitative estimate of drug-likeness (QED) is 0.452. The number of aromatic nitrogens is 2. The smallest absolute Gasteiger partial charge is 0.407 e. The van der Waals surface area contributed by atoms with Crippen molar-refractivity contribution in [1.29, 1.82) is 0 Å². The first kappa shape index (κ1) is 25.9. The highest BCUT2D eigenvalue weighted by Crippen LogP contribution is 2.28. The molecule has 2 N–H and O–H groups in total. The number of amides is 2.